The van der Waals surface area contributed by atoms with Crippen molar-refractivity contribution in [2.24, 2.45) is 0 Å². The van der Waals surface area contributed by atoms with Gasteiger partial charge in [-0.1, -0.05) is 47.1 Å². The fourth-order valence-electron chi connectivity index (χ4n) is 3.14. The molecule has 0 saturated carbocycles. The van der Waals surface area contributed by atoms with Gasteiger partial charge in [-0.15, -0.1) is 0 Å². The first-order valence-electron chi connectivity index (χ1n) is 8.97. The van der Waals surface area contributed by atoms with Crippen molar-refractivity contribution in [3.05, 3.63) is 67.8 Å². The van der Waals surface area contributed by atoms with Crippen LogP contribution < -0.4 is 0 Å². The van der Waals surface area contributed by atoms with Crippen molar-refractivity contribution in [2.45, 2.75) is 11.8 Å². The number of rotatable bonds is 5. The molecule has 0 amide bonds. The number of aliphatic hydroxyl groups excluding tert-OH is 1. The van der Waals surface area contributed by atoms with Gasteiger partial charge < -0.3 is 10.3 Å². The predicted molar refractivity (Wildman–Crippen MR) is 132 cm³/mol. The van der Waals surface area contributed by atoms with Gasteiger partial charge >= 0.3 is 0 Å². The molecule has 0 atom stereocenters. The van der Waals surface area contributed by atoms with Gasteiger partial charge in [0.05, 0.1) is 27.9 Å². The summed E-state index contributed by atoms with van der Waals surface area (Å²) >= 11 is 16.5. The molecule has 0 radical (unpaired) electrons. The Labute approximate surface area is 206 Å². The average molecular weight is 585 g/mol. The van der Waals surface area contributed by atoms with Crippen molar-refractivity contribution in [3.63, 3.8) is 0 Å². The number of aromatic nitrogens is 4. The second kappa shape index (κ2) is 9.33. The molecular formula is C21H15Cl2IN4O2S. The number of benzene rings is 2. The summed E-state index contributed by atoms with van der Waals surface area (Å²) in [5.41, 5.74) is 3.16. The Morgan fingerprint density at radius 1 is 1.10 bits per heavy atom. The Kier molecular flexibility index (Phi) is 6.73. The zero-order chi connectivity index (χ0) is 22.1. The van der Waals surface area contributed by atoms with E-state index in [0.717, 1.165) is 13.9 Å². The fraction of sp³-hybridized carbons (Fsp3) is 0.0952. The number of thioether (sulfide) groups is 1. The van der Waals surface area contributed by atoms with Gasteiger partial charge in [-0.2, -0.15) is 4.73 Å². The van der Waals surface area contributed by atoms with Crippen LogP contribution in [0.5, 0.6) is 0 Å². The van der Waals surface area contributed by atoms with Crippen LogP contribution in [0.3, 0.4) is 0 Å². The summed E-state index contributed by atoms with van der Waals surface area (Å²) in [6.45, 7) is -0.204. The normalized spacial score (nSPS) is 11.1. The third-order valence-electron chi connectivity index (χ3n) is 4.52. The highest BCUT2D eigenvalue weighted by atomic mass is 127. The minimum Gasteiger partial charge on any atom is -0.426 e. The van der Waals surface area contributed by atoms with Crippen LogP contribution in [0.4, 0.5) is 0 Å². The lowest BCUT2D eigenvalue weighted by Crippen LogP contribution is -2.01. The minimum atomic E-state index is -0.204. The lowest BCUT2D eigenvalue weighted by atomic mass is 10.1. The van der Waals surface area contributed by atoms with Crippen molar-refractivity contribution >= 4 is 57.6 Å². The summed E-state index contributed by atoms with van der Waals surface area (Å²) in [6, 6.07) is 12.7. The molecule has 2 heterocycles. The Bertz CT molecular complexity index is 1260. The van der Waals surface area contributed by atoms with Crippen LogP contribution >= 0.6 is 57.6 Å². The standard InChI is InChI=1S/C21H15Cl2IN4O2S/c1-31-21-25-6-5-16(26-21)19-18(12-3-2-4-13(24)9-12)27-20(28(19)30)17-14(22)7-11(10-29)8-15(17)23/h2-9,29-30H,10H2,1H3. The van der Waals surface area contributed by atoms with Crippen LogP contribution in [-0.4, -0.2) is 36.3 Å². The lowest BCUT2D eigenvalue weighted by molar-refractivity contribution is 0.195. The van der Waals surface area contributed by atoms with Gasteiger partial charge in [0.25, 0.3) is 0 Å². The molecule has 4 aromatic rings. The topological polar surface area (TPSA) is 84.1 Å². The molecule has 0 bridgehead atoms. The van der Waals surface area contributed by atoms with Crippen molar-refractivity contribution < 1.29 is 10.3 Å². The summed E-state index contributed by atoms with van der Waals surface area (Å²) in [5, 5.41) is 21.7. The van der Waals surface area contributed by atoms with E-state index in [1.807, 2.05) is 30.5 Å². The molecule has 31 heavy (non-hydrogen) atoms. The number of imidazole rings is 1. The summed E-state index contributed by atoms with van der Waals surface area (Å²) in [6.07, 6.45) is 3.51. The van der Waals surface area contributed by atoms with Gasteiger partial charge in [-0.25, -0.2) is 15.0 Å². The largest absolute Gasteiger partial charge is 0.426 e. The first-order valence-corrected chi connectivity index (χ1v) is 12.0. The molecule has 2 aromatic carbocycles. The van der Waals surface area contributed by atoms with E-state index in [9.17, 15) is 10.3 Å². The molecular weight excluding hydrogens is 570 g/mol. The quantitative estimate of drug-likeness (QED) is 0.129. The fourth-order valence-corrected chi connectivity index (χ4v) is 4.74. The van der Waals surface area contributed by atoms with Crippen LogP contribution in [-0.2, 0) is 6.61 Å². The van der Waals surface area contributed by atoms with Crippen molar-refractivity contribution in [1.29, 1.82) is 0 Å². The zero-order valence-electron chi connectivity index (χ0n) is 16.1. The average Bonchev–Trinajstić information content (AvgIpc) is 3.10. The van der Waals surface area contributed by atoms with E-state index >= 15 is 0 Å². The number of nitrogens with zero attached hydrogens (tertiary/aromatic N) is 4. The molecule has 4 rings (SSSR count). The molecule has 0 fully saturated rings. The predicted octanol–water partition coefficient (Wildman–Crippen LogP) is 6.04. The van der Waals surface area contributed by atoms with Crippen LogP contribution in [0.25, 0.3) is 34.0 Å². The van der Waals surface area contributed by atoms with Gasteiger partial charge in [0.1, 0.15) is 11.4 Å². The summed E-state index contributed by atoms with van der Waals surface area (Å²) < 4.78 is 1.97. The van der Waals surface area contributed by atoms with E-state index in [0.29, 0.717) is 33.4 Å². The van der Waals surface area contributed by atoms with E-state index in [2.05, 4.69) is 32.6 Å². The maximum atomic E-state index is 11.2. The third kappa shape index (κ3) is 4.40. The molecule has 0 aliphatic heterocycles. The minimum absolute atomic E-state index is 0.174. The van der Waals surface area contributed by atoms with E-state index in [1.54, 1.807) is 24.4 Å². The van der Waals surface area contributed by atoms with Crippen LogP contribution in [0.2, 0.25) is 10.0 Å². The number of aliphatic hydroxyl groups is 1. The molecule has 2 N–H and O–H groups in total. The van der Waals surface area contributed by atoms with E-state index < -0.39 is 0 Å². The van der Waals surface area contributed by atoms with Gasteiger partial charge in [0.2, 0.25) is 0 Å². The number of hydrogen-bond acceptors (Lipinski definition) is 6. The van der Waals surface area contributed by atoms with E-state index in [4.69, 9.17) is 28.2 Å². The first-order chi connectivity index (χ1) is 14.9. The molecule has 0 spiro atoms. The van der Waals surface area contributed by atoms with Crippen LogP contribution in [0.1, 0.15) is 5.56 Å². The molecule has 6 nitrogen and oxygen atoms in total. The van der Waals surface area contributed by atoms with E-state index in [1.165, 1.54) is 11.8 Å². The molecule has 2 aromatic heterocycles. The van der Waals surface area contributed by atoms with Crippen LogP contribution in [0.15, 0.2) is 53.8 Å². The van der Waals surface area contributed by atoms with E-state index in [-0.39, 0.29) is 22.5 Å². The Hall–Kier alpha value is -1.85. The molecule has 0 unspecified atom stereocenters. The first kappa shape index (κ1) is 22.3. The lowest BCUT2D eigenvalue weighted by Gasteiger charge is -2.09. The summed E-state index contributed by atoms with van der Waals surface area (Å²) in [7, 11) is 0. The monoisotopic (exact) mass is 584 g/mol. The van der Waals surface area contributed by atoms with Crippen molar-refractivity contribution in [1.82, 2.24) is 19.7 Å². The Morgan fingerprint density at radius 3 is 2.48 bits per heavy atom. The highest BCUT2D eigenvalue weighted by Crippen LogP contribution is 2.40. The maximum absolute atomic E-state index is 11.2. The second-order valence-electron chi connectivity index (χ2n) is 6.48. The molecule has 0 saturated heterocycles. The molecule has 0 aliphatic rings. The molecule has 158 valence electrons. The van der Waals surface area contributed by atoms with Crippen molar-refractivity contribution in [2.75, 3.05) is 6.26 Å². The Morgan fingerprint density at radius 2 is 1.84 bits per heavy atom. The number of halogens is 3. The Balaban J connectivity index is 2.02. The van der Waals surface area contributed by atoms with Crippen LogP contribution in [0, 0.1) is 3.57 Å². The van der Waals surface area contributed by atoms with Gasteiger partial charge in [-0.3, -0.25) is 0 Å². The van der Waals surface area contributed by atoms with Crippen molar-refractivity contribution in [3.8, 4) is 34.0 Å². The molecule has 0 aliphatic carbocycles. The van der Waals surface area contributed by atoms with Gasteiger partial charge in [-0.05, 0) is 64.7 Å². The highest BCUT2D eigenvalue weighted by Gasteiger charge is 2.25. The number of hydrogen-bond donors (Lipinski definition) is 2. The maximum Gasteiger partial charge on any atom is 0.187 e. The zero-order valence-corrected chi connectivity index (χ0v) is 20.5. The van der Waals surface area contributed by atoms with Gasteiger partial charge in [0, 0.05) is 15.3 Å². The molecule has 10 heteroatoms. The highest BCUT2D eigenvalue weighted by molar-refractivity contribution is 14.1. The summed E-state index contributed by atoms with van der Waals surface area (Å²) in [5.74, 6) is 0.174. The third-order valence-corrected chi connectivity index (χ3v) is 6.35. The summed E-state index contributed by atoms with van der Waals surface area (Å²) in [4.78, 5) is 13.5. The van der Waals surface area contributed by atoms with Gasteiger partial charge in [0.15, 0.2) is 11.0 Å². The smallest absolute Gasteiger partial charge is 0.187 e. The second-order valence-corrected chi connectivity index (χ2v) is 9.31. The SMILES string of the molecule is CSc1nccc(-c2c(-c3cccc(I)c3)nc(-c3c(Cl)cc(CO)cc3Cl)n2O)n1.